The molecule has 1 aliphatic heterocycles. The highest BCUT2D eigenvalue weighted by Gasteiger charge is 2.26. The van der Waals surface area contributed by atoms with Crippen LogP contribution in [0.25, 0.3) is 22.3 Å². The van der Waals surface area contributed by atoms with E-state index in [-0.39, 0.29) is 0 Å². The molecule has 0 saturated carbocycles. The Bertz CT molecular complexity index is 1020. The number of imidazole rings is 1. The Morgan fingerprint density at radius 1 is 0.833 bits per heavy atom. The first kappa shape index (κ1) is 13.8. The fourth-order valence-electron chi connectivity index (χ4n) is 3.26. The van der Waals surface area contributed by atoms with Crippen LogP contribution in [0, 0.1) is 0 Å². The minimum Gasteiger partial charge on any atom is -0.318 e. The number of benzene rings is 2. The average Bonchev–Trinajstić information content (AvgIpc) is 3.21. The molecule has 0 saturated heterocycles. The summed E-state index contributed by atoms with van der Waals surface area (Å²) < 4.78 is 2.33. The first-order valence-corrected chi connectivity index (χ1v) is 9.03. The monoisotopic (exact) mass is 330 g/mol. The molecule has 1 unspecified atom stereocenters. The second-order valence-corrected chi connectivity index (χ2v) is 7.25. The maximum Gasteiger partial charge on any atom is 0.157 e. The van der Waals surface area contributed by atoms with E-state index in [4.69, 9.17) is 9.97 Å². The predicted octanol–water partition coefficient (Wildman–Crippen LogP) is 4.68. The van der Waals surface area contributed by atoms with Gasteiger partial charge in [-0.05, 0) is 24.3 Å². The van der Waals surface area contributed by atoms with E-state index in [2.05, 4.69) is 65.2 Å². The molecule has 4 heteroatoms. The van der Waals surface area contributed by atoms with E-state index in [0.29, 0.717) is 5.25 Å². The molecule has 0 N–H and O–H groups in total. The van der Waals surface area contributed by atoms with Gasteiger partial charge in [-0.2, -0.15) is 0 Å². The Labute approximate surface area is 144 Å². The number of thiol groups is 1. The normalized spacial score (nSPS) is 16.4. The number of pyridine rings is 1. The summed E-state index contributed by atoms with van der Waals surface area (Å²) in [5, 5.41) is 1.52. The maximum absolute atomic E-state index is 4.92. The van der Waals surface area contributed by atoms with Crippen molar-refractivity contribution in [1.82, 2.24) is 14.5 Å². The van der Waals surface area contributed by atoms with Gasteiger partial charge in [-0.3, -0.25) is 4.98 Å². The highest BCUT2D eigenvalue weighted by molar-refractivity contribution is 7.99. The van der Waals surface area contributed by atoms with Gasteiger partial charge in [-0.15, -0.1) is 11.8 Å². The molecule has 1 atom stereocenters. The molecule has 0 spiro atoms. The minimum absolute atomic E-state index is 0.376. The lowest BCUT2D eigenvalue weighted by molar-refractivity contribution is 0.674. The Morgan fingerprint density at radius 2 is 1.67 bits per heavy atom. The zero-order valence-corrected chi connectivity index (χ0v) is 13.9. The fourth-order valence-corrected chi connectivity index (χ4v) is 4.55. The molecule has 117 valence electrons. The molecule has 1 aliphatic rings. The molecule has 0 fully saturated rings. The summed E-state index contributed by atoms with van der Waals surface area (Å²) in [6.45, 7) is 0.947. The van der Waals surface area contributed by atoms with Crippen molar-refractivity contribution in [2.24, 2.45) is 0 Å². The van der Waals surface area contributed by atoms with Crippen molar-refractivity contribution in [2.75, 3.05) is 0 Å². The quantitative estimate of drug-likeness (QED) is 0.541. The van der Waals surface area contributed by atoms with Crippen LogP contribution in [0.4, 0.5) is 0 Å². The van der Waals surface area contributed by atoms with Gasteiger partial charge in [-0.25, -0.2) is 4.98 Å². The summed E-state index contributed by atoms with van der Waals surface area (Å²) in [6.07, 6.45) is 0. The number of rotatable bonds is 2. The van der Waals surface area contributed by atoms with E-state index < -0.39 is 0 Å². The molecule has 3 nitrogen and oxygen atoms in total. The van der Waals surface area contributed by atoms with Crippen LogP contribution in [0.2, 0.25) is 0 Å². The highest BCUT2D eigenvalue weighted by Crippen LogP contribution is 2.43. The van der Waals surface area contributed by atoms with Gasteiger partial charge in [0.25, 0.3) is 0 Å². The predicted molar refractivity (Wildman–Crippen MR) is 99.4 cm³/mol. The van der Waals surface area contributed by atoms with Crippen LogP contribution in [0.1, 0.15) is 10.9 Å². The van der Waals surface area contributed by atoms with Gasteiger partial charge in [0.05, 0.1) is 27.7 Å². The third-order valence-electron chi connectivity index (χ3n) is 4.44. The lowest BCUT2D eigenvalue weighted by Gasteiger charge is -2.11. The molecule has 4 aromatic rings. The molecule has 1 radical (unpaired) electrons. The Balaban J connectivity index is 1.50. The highest BCUT2D eigenvalue weighted by atomic mass is 32.2. The zero-order chi connectivity index (χ0) is 15.9. The summed E-state index contributed by atoms with van der Waals surface area (Å²) >= 11 is 1.24. The van der Waals surface area contributed by atoms with Crippen molar-refractivity contribution < 1.29 is 0 Å². The molecule has 24 heavy (non-hydrogen) atoms. The van der Waals surface area contributed by atoms with E-state index in [0.717, 1.165) is 34.2 Å². The maximum atomic E-state index is 4.92. The van der Waals surface area contributed by atoms with Crippen LogP contribution in [0.5, 0.6) is 0 Å². The van der Waals surface area contributed by atoms with Crippen molar-refractivity contribution in [3.63, 3.8) is 0 Å². The molecular formula is C20H16N3S. The molecule has 2 aromatic heterocycles. The van der Waals surface area contributed by atoms with E-state index in [9.17, 15) is 0 Å². The second-order valence-electron chi connectivity index (χ2n) is 5.97. The van der Waals surface area contributed by atoms with Crippen LogP contribution < -0.4 is 0 Å². The van der Waals surface area contributed by atoms with Gasteiger partial charge < -0.3 is 4.57 Å². The summed E-state index contributed by atoms with van der Waals surface area (Å²) in [4.78, 5) is 9.69. The minimum atomic E-state index is 0.376. The Kier molecular flexibility index (Phi) is 3.16. The number of nitrogens with zero attached hydrogens (tertiary/aromatic N) is 3. The summed E-state index contributed by atoms with van der Waals surface area (Å²) in [5.74, 6) is 0. The summed E-state index contributed by atoms with van der Waals surface area (Å²) in [6, 6.07) is 25.0. The van der Waals surface area contributed by atoms with Gasteiger partial charge >= 0.3 is 0 Å². The molecular weight excluding hydrogens is 314 g/mol. The molecule has 2 aromatic carbocycles. The number of hydrogen-bond acceptors (Lipinski definition) is 2. The zero-order valence-electron chi connectivity index (χ0n) is 13.0. The standard InChI is InChI=1S/C20H16N3S/c1-2-7-14(8-3-1)15-10-6-11-17(21-15)19-13-23-18-12-5-4-9-16(18)22-20(23)24-19/h1-12,19,24H,13H2. The Morgan fingerprint density at radius 3 is 2.58 bits per heavy atom. The van der Waals surface area contributed by atoms with E-state index in [1.165, 1.54) is 17.3 Å². The lowest BCUT2D eigenvalue weighted by atomic mass is 10.1. The number of aromatic nitrogens is 3. The number of para-hydroxylation sites is 2. The lowest BCUT2D eigenvalue weighted by Crippen LogP contribution is -2.01. The van der Waals surface area contributed by atoms with E-state index in [1.807, 2.05) is 12.1 Å². The van der Waals surface area contributed by atoms with Gasteiger partial charge in [0.1, 0.15) is 0 Å². The van der Waals surface area contributed by atoms with Crippen molar-refractivity contribution in [3.8, 4) is 11.3 Å². The molecule has 0 bridgehead atoms. The van der Waals surface area contributed by atoms with Crippen molar-refractivity contribution in [2.45, 2.75) is 17.0 Å². The van der Waals surface area contributed by atoms with Crippen LogP contribution >= 0.6 is 11.8 Å². The van der Waals surface area contributed by atoms with Crippen molar-refractivity contribution >= 4 is 22.8 Å². The Hall–Kier alpha value is -2.59. The number of fused-ring (bicyclic) bond motifs is 3. The van der Waals surface area contributed by atoms with Crippen LogP contribution in [0.3, 0.4) is 0 Å². The summed E-state index contributed by atoms with van der Waals surface area (Å²) in [5.41, 5.74) is 5.66. The molecule has 0 aliphatic carbocycles. The third-order valence-corrected chi connectivity index (χ3v) is 5.75. The first-order chi connectivity index (χ1) is 11.9. The SMILES string of the molecule is c1ccc(-c2cccc(C3Cn4c(nc5ccccc54)[SH]3)n2)cc1. The first-order valence-electron chi connectivity index (χ1n) is 8.07. The molecule has 0 amide bonds. The largest absolute Gasteiger partial charge is 0.318 e. The molecule has 5 rings (SSSR count). The fraction of sp³-hybridized carbons (Fsp3) is 0.100. The van der Waals surface area contributed by atoms with Crippen LogP contribution in [-0.2, 0) is 6.54 Å². The smallest absolute Gasteiger partial charge is 0.157 e. The van der Waals surface area contributed by atoms with Gasteiger partial charge in [0.15, 0.2) is 5.16 Å². The summed E-state index contributed by atoms with van der Waals surface area (Å²) in [7, 11) is 0. The van der Waals surface area contributed by atoms with Gasteiger partial charge in [0.2, 0.25) is 0 Å². The average molecular weight is 330 g/mol. The topological polar surface area (TPSA) is 30.7 Å². The van der Waals surface area contributed by atoms with Gasteiger partial charge in [0, 0.05) is 12.1 Å². The van der Waals surface area contributed by atoms with E-state index in [1.54, 1.807) is 0 Å². The van der Waals surface area contributed by atoms with Crippen LogP contribution in [0.15, 0.2) is 78.0 Å². The van der Waals surface area contributed by atoms with E-state index >= 15 is 0 Å². The van der Waals surface area contributed by atoms with Crippen molar-refractivity contribution in [1.29, 1.82) is 0 Å². The van der Waals surface area contributed by atoms with Crippen LogP contribution in [-0.4, -0.2) is 14.5 Å². The third kappa shape index (κ3) is 2.22. The number of hydrogen-bond donors (Lipinski definition) is 1. The van der Waals surface area contributed by atoms with Gasteiger partial charge in [-0.1, -0.05) is 48.5 Å². The van der Waals surface area contributed by atoms with Crippen molar-refractivity contribution in [3.05, 3.63) is 78.5 Å². The molecule has 3 heterocycles. The second kappa shape index (κ2) is 5.49.